The van der Waals surface area contributed by atoms with E-state index in [1.54, 1.807) is 7.11 Å². The lowest BCUT2D eigenvalue weighted by molar-refractivity contribution is 0.0504. The Morgan fingerprint density at radius 1 is 1.33 bits per heavy atom. The average molecular weight is 292 g/mol. The van der Waals surface area contributed by atoms with Gasteiger partial charge >= 0.3 is 6.09 Å². The first-order valence-corrected chi connectivity index (χ1v) is 7.23. The molecule has 1 amide bonds. The van der Waals surface area contributed by atoms with E-state index >= 15 is 0 Å². The van der Waals surface area contributed by atoms with Crippen LogP contribution in [0.25, 0.3) is 0 Å². The highest BCUT2D eigenvalue weighted by atomic mass is 16.6. The summed E-state index contributed by atoms with van der Waals surface area (Å²) in [6.45, 7) is 7.14. The molecule has 5 heteroatoms. The minimum Gasteiger partial charge on any atom is -0.497 e. The number of hydrogen-bond acceptors (Lipinski definition) is 4. The van der Waals surface area contributed by atoms with Gasteiger partial charge in [0, 0.05) is 19.0 Å². The second kappa shape index (κ2) is 6.35. The van der Waals surface area contributed by atoms with Crippen molar-refractivity contribution >= 4 is 6.09 Å². The third kappa shape index (κ3) is 4.36. The molecule has 0 unspecified atom stereocenters. The van der Waals surface area contributed by atoms with Crippen LogP contribution in [0.3, 0.4) is 0 Å². The molecule has 2 N–H and O–H groups in total. The molecule has 1 fully saturated rings. The van der Waals surface area contributed by atoms with Gasteiger partial charge in [-0.2, -0.15) is 0 Å². The predicted octanol–water partition coefficient (Wildman–Crippen LogP) is 2.28. The maximum atomic E-state index is 11.9. The smallest absolute Gasteiger partial charge is 0.407 e. The molecular weight excluding hydrogens is 268 g/mol. The second-order valence-corrected chi connectivity index (χ2v) is 6.29. The largest absolute Gasteiger partial charge is 0.497 e. The van der Waals surface area contributed by atoms with E-state index in [1.807, 2.05) is 39.0 Å². The Morgan fingerprint density at radius 3 is 2.76 bits per heavy atom. The normalized spacial score (nSPS) is 21.9. The monoisotopic (exact) mass is 292 g/mol. The van der Waals surface area contributed by atoms with Gasteiger partial charge < -0.3 is 20.1 Å². The summed E-state index contributed by atoms with van der Waals surface area (Å²) in [6.07, 6.45) is -0.371. The van der Waals surface area contributed by atoms with Gasteiger partial charge in [0.1, 0.15) is 11.4 Å². The van der Waals surface area contributed by atoms with Gasteiger partial charge in [0.15, 0.2) is 0 Å². The van der Waals surface area contributed by atoms with Crippen LogP contribution >= 0.6 is 0 Å². The van der Waals surface area contributed by atoms with E-state index in [0.29, 0.717) is 0 Å². The lowest BCUT2D eigenvalue weighted by Crippen LogP contribution is -2.42. The van der Waals surface area contributed by atoms with Crippen LogP contribution in [-0.2, 0) is 4.74 Å². The molecule has 0 bridgehead atoms. The number of methoxy groups -OCH3 is 1. The van der Waals surface area contributed by atoms with Gasteiger partial charge in [-0.05, 0) is 38.5 Å². The molecule has 2 rings (SSSR count). The third-order valence-electron chi connectivity index (χ3n) is 3.44. The van der Waals surface area contributed by atoms with Crippen molar-refractivity contribution in [2.45, 2.75) is 38.3 Å². The van der Waals surface area contributed by atoms with Crippen molar-refractivity contribution in [3.8, 4) is 5.75 Å². The van der Waals surface area contributed by atoms with E-state index in [2.05, 4.69) is 16.7 Å². The summed E-state index contributed by atoms with van der Waals surface area (Å²) < 4.78 is 10.6. The molecular formula is C16H24N2O3. The van der Waals surface area contributed by atoms with Crippen LogP contribution in [0.15, 0.2) is 24.3 Å². The number of amides is 1. The predicted molar refractivity (Wildman–Crippen MR) is 81.8 cm³/mol. The quantitative estimate of drug-likeness (QED) is 0.897. The molecule has 0 aromatic heterocycles. The summed E-state index contributed by atoms with van der Waals surface area (Å²) >= 11 is 0. The van der Waals surface area contributed by atoms with Crippen molar-refractivity contribution in [2.24, 2.45) is 0 Å². The van der Waals surface area contributed by atoms with Crippen molar-refractivity contribution in [1.82, 2.24) is 10.6 Å². The van der Waals surface area contributed by atoms with Gasteiger partial charge in [-0.1, -0.05) is 12.1 Å². The summed E-state index contributed by atoms with van der Waals surface area (Å²) in [5, 5.41) is 6.27. The topological polar surface area (TPSA) is 59.6 Å². The zero-order valence-electron chi connectivity index (χ0n) is 13.1. The van der Waals surface area contributed by atoms with Crippen molar-refractivity contribution in [1.29, 1.82) is 0 Å². The molecule has 1 saturated heterocycles. The Hall–Kier alpha value is -1.75. The van der Waals surface area contributed by atoms with Crippen LogP contribution < -0.4 is 15.4 Å². The minimum absolute atomic E-state index is 0.0203. The summed E-state index contributed by atoms with van der Waals surface area (Å²) in [6, 6.07) is 7.98. The van der Waals surface area contributed by atoms with Crippen molar-refractivity contribution in [2.75, 3.05) is 20.2 Å². The molecule has 0 aliphatic carbocycles. The van der Waals surface area contributed by atoms with Gasteiger partial charge in [0.05, 0.1) is 13.2 Å². The Balaban J connectivity index is 2.04. The zero-order chi connectivity index (χ0) is 15.5. The van der Waals surface area contributed by atoms with E-state index in [1.165, 1.54) is 0 Å². The number of hydrogen-bond donors (Lipinski definition) is 2. The van der Waals surface area contributed by atoms with Crippen LogP contribution in [0.2, 0.25) is 0 Å². The number of nitrogens with one attached hydrogen (secondary N) is 2. The molecule has 1 aromatic rings. The molecule has 1 heterocycles. The highest BCUT2D eigenvalue weighted by Crippen LogP contribution is 2.26. The lowest BCUT2D eigenvalue weighted by Gasteiger charge is -2.24. The fourth-order valence-electron chi connectivity index (χ4n) is 2.51. The maximum absolute atomic E-state index is 11.9. The highest BCUT2D eigenvalue weighted by Gasteiger charge is 2.31. The molecule has 1 aliphatic heterocycles. The molecule has 1 aliphatic rings. The van der Waals surface area contributed by atoms with Crippen molar-refractivity contribution < 1.29 is 14.3 Å². The molecule has 0 spiro atoms. The van der Waals surface area contributed by atoms with Gasteiger partial charge in [0.2, 0.25) is 0 Å². The second-order valence-electron chi connectivity index (χ2n) is 6.29. The Kier molecular flexibility index (Phi) is 4.73. The van der Waals surface area contributed by atoms with E-state index in [4.69, 9.17) is 9.47 Å². The first-order chi connectivity index (χ1) is 9.89. The maximum Gasteiger partial charge on any atom is 0.407 e. The Labute approximate surface area is 126 Å². The van der Waals surface area contributed by atoms with Gasteiger partial charge in [-0.3, -0.25) is 0 Å². The number of carbonyl (C=O) groups excluding carboxylic acids is 1. The van der Waals surface area contributed by atoms with E-state index in [0.717, 1.165) is 24.4 Å². The molecule has 21 heavy (non-hydrogen) atoms. The first-order valence-electron chi connectivity index (χ1n) is 7.23. The molecule has 0 saturated carbocycles. The van der Waals surface area contributed by atoms with Crippen LogP contribution in [0.5, 0.6) is 5.75 Å². The number of carbonyl (C=O) groups is 1. The minimum atomic E-state index is -0.485. The fourth-order valence-corrected chi connectivity index (χ4v) is 2.51. The Morgan fingerprint density at radius 2 is 2.10 bits per heavy atom. The van der Waals surface area contributed by atoms with Gasteiger partial charge in [-0.15, -0.1) is 0 Å². The lowest BCUT2D eigenvalue weighted by atomic mass is 9.94. The number of ether oxygens (including phenoxy) is 2. The Bertz CT molecular complexity index is 497. The van der Waals surface area contributed by atoms with Gasteiger partial charge in [-0.25, -0.2) is 4.79 Å². The summed E-state index contributed by atoms with van der Waals surface area (Å²) in [4.78, 5) is 11.9. The van der Waals surface area contributed by atoms with Crippen molar-refractivity contribution in [3.63, 3.8) is 0 Å². The SMILES string of the molecule is COc1cccc([C@H]2CNC[C@@H]2NC(=O)OC(C)(C)C)c1. The van der Waals surface area contributed by atoms with Crippen LogP contribution in [0, 0.1) is 0 Å². The van der Waals surface area contributed by atoms with E-state index < -0.39 is 5.60 Å². The molecule has 5 nitrogen and oxygen atoms in total. The van der Waals surface area contributed by atoms with Crippen LogP contribution in [-0.4, -0.2) is 37.9 Å². The molecule has 0 radical (unpaired) electrons. The summed E-state index contributed by atoms with van der Waals surface area (Å²) in [7, 11) is 1.66. The molecule has 116 valence electrons. The summed E-state index contributed by atoms with van der Waals surface area (Å²) in [5.41, 5.74) is 0.669. The standard InChI is InChI=1S/C16H24N2O3/c1-16(2,3)21-15(19)18-14-10-17-9-13(14)11-6-5-7-12(8-11)20-4/h5-8,13-14,17H,9-10H2,1-4H3,(H,18,19)/t13-,14+/m1/s1. The first kappa shape index (κ1) is 15.6. The third-order valence-corrected chi connectivity index (χ3v) is 3.44. The van der Waals surface area contributed by atoms with Crippen molar-refractivity contribution in [3.05, 3.63) is 29.8 Å². The van der Waals surface area contributed by atoms with E-state index in [9.17, 15) is 4.79 Å². The van der Waals surface area contributed by atoms with Crippen LogP contribution in [0.1, 0.15) is 32.3 Å². The molecule has 1 aromatic carbocycles. The van der Waals surface area contributed by atoms with Gasteiger partial charge in [0.25, 0.3) is 0 Å². The highest BCUT2D eigenvalue weighted by molar-refractivity contribution is 5.68. The number of rotatable bonds is 3. The number of benzene rings is 1. The molecule has 2 atom stereocenters. The zero-order valence-corrected chi connectivity index (χ0v) is 13.1. The number of alkyl carbamates (subject to hydrolysis) is 1. The van der Waals surface area contributed by atoms with E-state index in [-0.39, 0.29) is 18.1 Å². The average Bonchev–Trinajstić information content (AvgIpc) is 2.84. The fraction of sp³-hybridized carbons (Fsp3) is 0.562. The van der Waals surface area contributed by atoms with Crippen LogP contribution in [0.4, 0.5) is 4.79 Å². The summed E-state index contributed by atoms with van der Waals surface area (Å²) in [5.74, 6) is 1.04.